The summed E-state index contributed by atoms with van der Waals surface area (Å²) in [6.07, 6.45) is -0.428. The molecule has 0 radical (unpaired) electrons. The lowest BCUT2D eigenvalue weighted by molar-refractivity contribution is 0.0636. The number of benzene rings is 2. The van der Waals surface area contributed by atoms with Crippen molar-refractivity contribution >= 4 is 11.8 Å². The van der Waals surface area contributed by atoms with E-state index in [4.69, 9.17) is 4.74 Å². The number of amides is 1. The Bertz CT molecular complexity index is 736. The van der Waals surface area contributed by atoms with Gasteiger partial charge in [0.15, 0.2) is 0 Å². The Labute approximate surface area is 157 Å². The molecular formula is C22H30N2O2. The molecule has 2 rings (SSSR count). The van der Waals surface area contributed by atoms with Crippen molar-refractivity contribution in [1.82, 2.24) is 4.90 Å². The highest BCUT2D eigenvalue weighted by atomic mass is 16.6. The molecule has 0 unspecified atom stereocenters. The lowest BCUT2D eigenvalue weighted by Gasteiger charge is -2.26. The minimum absolute atomic E-state index is 0.218. The normalized spacial score (nSPS) is 12.7. The summed E-state index contributed by atoms with van der Waals surface area (Å²) in [4.78, 5) is 14.4. The van der Waals surface area contributed by atoms with Gasteiger partial charge in [0.25, 0.3) is 0 Å². The summed E-state index contributed by atoms with van der Waals surface area (Å²) in [5, 5.41) is 2.87. The molecular weight excluding hydrogens is 324 g/mol. The first kappa shape index (κ1) is 20.0. The van der Waals surface area contributed by atoms with Crippen LogP contribution in [-0.2, 0) is 11.3 Å². The average molecular weight is 354 g/mol. The number of aryl methyl sites for hydroxylation is 1. The van der Waals surface area contributed by atoms with Crippen LogP contribution in [0.2, 0.25) is 0 Å². The van der Waals surface area contributed by atoms with Crippen LogP contribution >= 0.6 is 0 Å². The number of nitrogens with one attached hydrogen (secondary N) is 1. The fourth-order valence-electron chi connectivity index (χ4n) is 2.71. The number of carbonyl (C=O) groups is 1. The molecule has 1 atom stereocenters. The lowest BCUT2D eigenvalue weighted by Crippen LogP contribution is -2.27. The number of anilines is 1. The molecule has 0 saturated heterocycles. The maximum Gasteiger partial charge on any atom is 0.412 e. The number of hydrogen-bond acceptors (Lipinski definition) is 3. The highest BCUT2D eigenvalue weighted by Crippen LogP contribution is 2.26. The third-order valence-corrected chi connectivity index (χ3v) is 4.32. The second kappa shape index (κ2) is 8.37. The smallest absolute Gasteiger partial charge is 0.412 e. The van der Waals surface area contributed by atoms with Crippen molar-refractivity contribution in [3.63, 3.8) is 0 Å². The molecule has 0 aliphatic heterocycles. The summed E-state index contributed by atoms with van der Waals surface area (Å²) in [5.41, 5.74) is 3.72. The van der Waals surface area contributed by atoms with Crippen LogP contribution in [0.1, 0.15) is 50.4 Å². The zero-order chi connectivity index (χ0) is 19.3. The number of nitrogens with zero attached hydrogens (tertiary/aromatic N) is 1. The standard InChI is InChI=1S/C22H30N2O2/c1-16-12-13-19(14-20(16)23-21(25)26-22(3,4)5)17(2)24(6)15-18-10-8-7-9-11-18/h7-14,17H,15H2,1-6H3,(H,23,25)/t17-/m0/s1. The molecule has 0 saturated carbocycles. The summed E-state index contributed by atoms with van der Waals surface area (Å²) in [6, 6.07) is 16.8. The average Bonchev–Trinajstić information content (AvgIpc) is 2.55. The van der Waals surface area contributed by atoms with Crippen molar-refractivity contribution in [2.45, 2.75) is 52.8 Å². The minimum atomic E-state index is -0.515. The Kier molecular flexibility index (Phi) is 6.43. The molecule has 4 heteroatoms. The van der Waals surface area contributed by atoms with Crippen LogP contribution in [0.25, 0.3) is 0 Å². The van der Waals surface area contributed by atoms with E-state index in [0.717, 1.165) is 23.4 Å². The van der Waals surface area contributed by atoms with Gasteiger partial charge < -0.3 is 4.74 Å². The van der Waals surface area contributed by atoms with Gasteiger partial charge >= 0.3 is 6.09 Å². The molecule has 2 aromatic carbocycles. The van der Waals surface area contributed by atoms with E-state index in [2.05, 4.69) is 54.5 Å². The summed E-state index contributed by atoms with van der Waals surface area (Å²) < 4.78 is 5.36. The minimum Gasteiger partial charge on any atom is -0.444 e. The van der Waals surface area contributed by atoms with E-state index >= 15 is 0 Å². The highest BCUT2D eigenvalue weighted by molar-refractivity contribution is 5.86. The Hall–Kier alpha value is -2.33. The van der Waals surface area contributed by atoms with Gasteiger partial charge in [0.05, 0.1) is 0 Å². The van der Waals surface area contributed by atoms with Crippen LogP contribution in [0, 0.1) is 6.92 Å². The SMILES string of the molecule is Cc1ccc([C@H](C)N(C)Cc2ccccc2)cc1NC(=O)OC(C)(C)C. The molecule has 0 aromatic heterocycles. The Morgan fingerprint density at radius 3 is 2.42 bits per heavy atom. The summed E-state index contributed by atoms with van der Waals surface area (Å²) >= 11 is 0. The van der Waals surface area contributed by atoms with Gasteiger partial charge in [-0.2, -0.15) is 0 Å². The van der Waals surface area contributed by atoms with Crippen LogP contribution < -0.4 is 5.32 Å². The van der Waals surface area contributed by atoms with E-state index in [1.807, 2.05) is 45.9 Å². The molecule has 2 aromatic rings. The number of carbonyl (C=O) groups excluding carboxylic acids is 1. The van der Waals surface area contributed by atoms with E-state index in [1.54, 1.807) is 0 Å². The first-order valence-electron chi connectivity index (χ1n) is 9.00. The maximum absolute atomic E-state index is 12.1. The van der Waals surface area contributed by atoms with Gasteiger partial charge in [-0.25, -0.2) is 4.79 Å². The maximum atomic E-state index is 12.1. The molecule has 0 heterocycles. The zero-order valence-corrected chi connectivity index (χ0v) is 16.7. The largest absolute Gasteiger partial charge is 0.444 e. The van der Waals surface area contributed by atoms with Crippen molar-refractivity contribution in [3.8, 4) is 0 Å². The lowest BCUT2D eigenvalue weighted by atomic mass is 10.0. The molecule has 0 fully saturated rings. The van der Waals surface area contributed by atoms with Crippen LogP contribution in [0.15, 0.2) is 48.5 Å². The highest BCUT2D eigenvalue weighted by Gasteiger charge is 2.18. The summed E-state index contributed by atoms with van der Waals surface area (Å²) in [6.45, 7) is 10.6. The topological polar surface area (TPSA) is 41.6 Å². The number of ether oxygens (including phenoxy) is 1. The van der Waals surface area contributed by atoms with Crippen LogP contribution in [0.5, 0.6) is 0 Å². The van der Waals surface area contributed by atoms with Crippen molar-refractivity contribution in [3.05, 3.63) is 65.2 Å². The molecule has 26 heavy (non-hydrogen) atoms. The predicted molar refractivity (Wildman–Crippen MR) is 107 cm³/mol. The van der Waals surface area contributed by atoms with Gasteiger partial charge in [0, 0.05) is 18.3 Å². The fourth-order valence-corrected chi connectivity index (χ4v) is 2.71. The Morgan fingerprint density at radius 1 is 1.15 bits per heavy atom. The van der Waals surface area contributed by atoms with E-state index in [0.29, 0.717) is 0 Å². The second-order valence-electron chi connectivity index (χ2n) is 7.78. The van der Waals surface area contributed by atoms with E-state index in [-0.39, 0.29) is 6.04 Å². The third kappa shape index (κ3) is 5.88. The Balaban J connectivity index is 2.10. The van der Waals surface area contributed by atoms with Gasteiger partial charge in [-0.1, -0.05) is 42.5 Å². The molecule has 1 amide bonds. The van der Waals surface area contributed by atoms with Crippen molar-refractivity contribution in [1.29, 1.82) is 0 Å². The molecule has 0 bridgehead atoms. The van der Waals surface area contributed by atoms with E-state index in [9.17, 15) is 4.79 Å². The third-order valence-electron chi connectivity index (χ3n) is 4.32. The van der Waals surface area contributed by atoms with E-state index in [1.165, 1.54) is 5.56 Å². The van der Waals surface area contributed by atoms with Crippen LogP contribution in [0.3, 0.4) is 0 Å². The molecule has 140 valence electrons. The van der Waals surface area contributed by atoms with Gasteiger partial charge in [-0.15, -0.1) is 0 Å². The first-order valence-corrected chi connectivity index (χ1v) is 9.00. The quantitative estimate of drug-likeness (QED) is 0.767. The second-order valence-corrected chi connectivity index (χ2v) is 7.78. The molecule has 0 aliphatic rings. The summed E-state index contributed by atoms with van der Waals surface area (Å²) in [5.74, 6) is 0. The molecule has 0 aliphatic carbocycles. The van der Waals surface area contributed by atoms with Crippen LogP contribution in [-0.4, -0.2) is 23.6 Å². The summed E-state index contributed by atoms with van der Waals surface area (Å²) in [7, 11) is 2.11. The fraction of sp³-hybridized carbons (Fsp3) is 0.409. The number of hydrogen-bond donors (Lipinski definition) is 1. The zero-order valence-electron chi connectivity index (χ0n) is 16.7. The van der Waals surface area contributed by atoms with Gasteiger partial charge in [0.1, 0.15) is 5.60 Å². The van der Waals surface area contributed by atoms with Crippen molar-refractivity contribution in [2.24, 2.45) is 0 Å². The first-order chi connectivity index (χ1) is 12.2. The van der Waals surface area contributed by atoms with Crippen molar-refractivity contribution < 1.29 is 9.53 Å². The monoisotopic (exact) mass is 354 g/mol. The Morgan fingerprint density at radius 2 is 1.81 bits per heavy atom. The van der Waals surface area contributed by atoms with E-state index < -0.39 is 11.7 Å². The van der Waals surface area contributed by atoms with Crippen LogP contribution in [0.4, 0.5) is 10.5 Å². The molecule has 0 spiro atoms. The van der Waals surface area contributed by atoms with Gasteiger partial charge in [-0.3, -0.25) is 10.2 Å². The van der Waals surface area contributed by atoms with Gasteiger partial charge in [-0.05, 0) is 64.4 Å². The van der Waals surface area contributed by atoms with Crippen molar-refractivity contribution in [2.75, 3.05) is 12.4 Å². The predicted octanol–water partition coefficient (Wildman–Crippen LogP) is 5.54. The molecule has 4 nitrogen and oxygen atoms in total. The van der Waals surface area contributed by atoms with Gasteiger partial charge in [0.2, 0.25) is 0 Å². The number of rotatable bonds is 5. The molecule has 1 N–H and O–H groups in total.